The van der Waals surface area contributed by atoms with Crippen LogP contribution in [0.25, 0.3) is 16.9 Å². The smallest absolute Gasteiger partial charge is 0.321 e. The van der Waals surface area contributed by atoms with Crippen LogP contribution in [0.4, 0.5) is 0 Å². The first-order valence-electron chi connectivity index (χ1n) is 9.94. The maximum absolute atomic E-state index is 12.3. The minimum Gasteiger partial charge on any atom is -0.481 e. The summed E-state index contributed by atoms with van der Waals surface area (Å²) >= 11 is 0. The SMILES string of the molecule is Cc1ccc(-c2nc3ccc(C)cn3c2CC(=O)N(C)C)cc1.N[C@@H](CC(=O)O)C(=O)O. The molecule has 0 fully saturated rings. The van der Waals surface area contributed by atoms with E-state index in [0.717, 1.165) is 28.2 Å². The highest BCUT2D eigenvalue weighted by Crippen LogP contribution is 2.26. The molecular weight excluding hydrogens is 412 g/mol. The molecule has 32 heavy (non-hydrogen) atoms. The molecule has 1 amide bonds. The summed E-state index contributed by atoms with van der Waals surface area (Å²) in [7, 11) is 3.56. The molecule has 0 aliphatic carbocycles. The average molecular weight is 441 g/mol. The van der Waals surface area contributed by atoms with E-state index in [9.17, 15) is 14.4 Å². The molecule has 1 atom stereocenters. The van der Waals surface area contributed by atoms with Crippen LogP contribution in [-0.2, 0) is 20.8 Å². The number of nitrogens with zero attached hydrogens (tertiary/aromatic N) is 3. The molecule has 0 aliphatic heterocycles. The molecule has 0 bridgehead atoms. The molecule has 3 aromatic rings. The van der Waals surface area contributed by atoms with Crippen LogP contribution in [0.5, 0.6) is 0 Å². The van der Waals surface area contributed by atoms with Crippen molar-refractivity contribution in [3.8, 4) is 11.3 Å². The van der Waals surface area contributed by atoms with Crippen molar-refractivity contribution in [1.82, 2.24) is 14.3 Å². The zero-order valence-electron chi connectivity index (χ0n) is 18.6. The van der Waals surface area contributed by atoms with Gasteiger partial charge in [0, 0.05) is 25.9 Å². The lowest BCUT2D eigenvalue weighted by Gasteiger charge is -2.11. The predicted molar refractivity (Wildman–Crippen MR) is 120 cm³/mol. The van der Waals surface area contributed by atoms with E-state index >= 15 is 0 Å². The quantitative estimate of drug-likeness (QED) is 0.534. The number of rotatable bonds is 6. The Morgan fingerprint density at radius 2 is 1.62 bits per heavy atom. The standard InChI is InChI=1S/C19H21N3O.C4H7NO4/c1-13-5-8-15(9-6-13)19-16(11-18(23)21(3)4)22-12-14(2)7-10-17(22)20-19;5-2(4(8)9)1-3(6)7/h5-10,12H,11H2,1-4H3;2H,1,5H2,(H,6,7)(H,8,9)/t;2-/m.0/s1. The van der Waals surface area contributed by atoms with Crippen molar-refractivity contribution >= 4 is 23.5 Å². The second-order valence-corrected chi connectivity index (χ2v) is 7.72. The van der Waals surface area contributed by atoms with E-state index in [1.807, 2.05) is 29.7 Å². The van der Waals surface area contributed by atoms with Crippen molar-refractivity contribution < 1.29 is 24.6 Å². The Labute approximate surface area is 186 Å². The Balaban J connectivity index is 0.000000344. The molecule has 2 aromatic heterocycles. The van der Waals surface area contributed by atoms with Gasteiger partial charge in [-0.3, -0.25) is 14.4 Å². The number of benzene rings is 1. The Morgan fingerprint density at radius 1 is 1.03 bits per heavy atom. The fraction of sp³-hybridized carbons (Fsp3) is 0.304. The number of carbonyl (C=O) groups excluding carboxylic acids is 1. The van der Waals surface area contributed by atoms with Gasteiger partial charge in [0.05, 0.1) is 24.2 Å². The van der Waals surface area contributed by atoms with Crippen molar-refractivity contribution in [3.05, 3.63) is 59.4 Å². The largest absolute Gasteiger partial charge is 0.481 e. The maximum Gasteiger partial charge on any atom is 0.321 e. The summed E-state index contributed by atoms with van der Waals surface area (Å²) in [5.41, 5.74) is 10.9. The van der Waals surface area contributed by atoms with Crippen molar-refractivity contribution in [2.45, 2.75) is 32.7 Å². The lowest BCUT2D eigenvalue weighted by Crippen LogP contribution is -2.32. The summed E-state index contributed by atoms with van der Waals surface area (Å²) < 4.78 is 2.03. The molecule has 3 rings (SSSR count). The lowest BCUT2D eigenvalue weighted by molar-refractivity contribution is -0.144. The average Bonchev–Trinajstić information content (AvgIpc) is 3.06. The summed E-state index contributed by atoms with van der Waals surface area (Å²) in [5.74, 6) is -2.43. The molecule has 0 saturated carbocycles. The molecule has 9 heteroatoms. The number of likely N-dealkylation sites (N-methyl/N-ethyl adjacent to an activating group) is 1. The van der Waals surface area contributed by atoms with Gasteiger partial charge in [-0.15, -0.1) is 0 Å². The van der Waals surface area contributed by atoms with Gasteiger partial charge in [0.25, 0.3) is 0 Å². The zero-order valence-corrected chi connectivity index (χ0v) is 18.6. The normalized spacial score (nSPS) is 11.4. The molecule has 4 N–H and O–H groups in total. The number of aliphatic carboxylic acids is 2. The molecule has 0 spiro atoms. The Hall–Kier alpha value is -3.72. The number of fused-ring (bicyclic) bond motifs is 1. The number of hydrogen-bond acceptors (Lipinski definition) is 5. The summed E-state index contributed by atoms with van der Waals surface area (Å²) in [5, 5.41) is 16.0. The highest BCUT2D eigenvalue weighted by molar-refractivity contribution is 5.81. The summed E-state index contributed by atoms with van der Waals surface area (Å²) in [6, 6.07) is 11.0. The summed E-state index contributed by atoms with van der Waals surface area (Å²) in [6.45, 7) is 4.11. The first-order chi connectivity index (χ1) is 15.0. The third-order valence-corrected chi connectivity index (χ3v) is 4.72. The van der Waals surface area contributed by atoms with E-state index < -0.39 is 24.4 Å². The third-order valence-electron chi connectivity index (χ3n) is 4.72. The maximum atomic E-state index is 12.3. The number of aromatic nitrogens is 2. The van der Waals surface area contributed by atoms with E-state index in [-0.39, 0.29) is 5.91 Å². The second-order valence-electron chi connectivity index (χ2n) is 7.72. The summed E-state index contributed by atoms with van der Waals surface area (Å²) in [6.07, 6.45) is 1.84. The van der Waals surface area contributed by atoms with Crippen molar-refractivity contribution in [1.29, 1.82) is 0 Å². The van der Waals surface area contributed by atoms with E-state index in [4.69, 9.17) is 20.9 Å². The van der Waals surface area contributed by atoms with Gasteiger partial charge in [-0.1, -0.05) is 35.9 Å². The number of aryl methyl sites for hydroxylation is 2. The van der Waals surface area contributed by atoms with Gasteiger partial charge in [-0.2, -0.15) is 0 Å². The van der Waals surface area contributed by atoms with E-state index in [0.29, 0.717) is 6.42 Å². The third kappa shape index (κ3) is 6.39. The fourth-order valence-electron chi connectivity index (χ4n) is 2.89. The minimum absolute atomic E-state index is 0.0710. The first kappa shape index (κ1) is 24.5. The van der Waals surface area contributed by atoms with E-state index in [2.05, 4.69) is 31.2 Å². The predicted octanol–water partition coefficient (Wildman–Crippen LogP) is 2.12. The first-order valence-corrected chi connectivity index (χ1v) is 9.94. The topological polar surface area (TPSA) is 138 Å². The fourth-order valence-corrected chi connectivity index (χ4v) is 2.89. The highest BCUT2D eigenvalue weighted by Gasteiger charge is 2.18. The van der Waals surface area contributed by atoms with Gasteiger partial charge in [-0.05, 0) is 25.5 Å². The molecule has 9 nitrogen and oxygen atoms in total. The van der Waals surface area contributed by atoms with Gasteiger partial charge in [-0.25, -0.2) is 4.98 Å². The molecule has 0 saturated heterocycles. The van der Waals surface area contributed by atoms with Crippen molar-refractivity contribution in [2.75, 3.05) is 14.1 Å². The van der Waals surface area contributed by atoms with Crippen LogP contribution in [0.15, 0.2) is 42.6 Å². The van der Waals surface area contributed by atoms with Crippen LogP contribution in [-0.4, -0.2) is 62.5 Å². The zero-order chi connectivity index (χ0) is 24.0. The lowest BCUT2D eigenvalue weighted by atomic mass is 10.1. The Bertz CT molecular complexity index is 1120. The number of carbonyl (C=O) groups is 3. The van der Waals surface area contributed by atoms with Crippen LogP contribution >= 0.6 is 0 Å². The molecule has 170 valence electrons. The van der Waals surface area contributed by atoms with Crippen LogP contribution in [0, 0.1) is 13.8 Å². The monoisotopic (exact) mass is 440 g/mol. The number of hydrogen-bond donors (Lipinski definition) is 3. The van der Waals surface area contributed by atoms with E-state index in [1.54, 1.807) is 19.0 Å². The second kappa shape index (κ2) is 10.5. The number of nitrogens with two attached hydrogens (primary N) is 1. The van der Waals surface area contributed by atoms with Crippen molar-refractivity contribution in [3.63, 3.8) is 0 Å². The minimum atomic E-state index is -1.29. The van der Waals surface area contributed by atoms with E-state index in [1.165, 1.54) is 5.56 Å². The number of imidazole rings is 1. The Kier molecular flexibility index (Phi) is 8.09. The molecule has 1 aromatic carbocycles. The number of pyridine rings is 1. The van der Waals surface area contributed by atoms with Crippen molar-refractivity contribution in [2.24, 2.45) is 5.73 Å². The molecule has 0 radical (unpaired) electrons. The van der Waals surface area contributed by atoms with Gasteiger partial charge >= 0.3 is 11.9 Å². The highest BCUT2D eigenvalue weighted by atomic mass is 16.4. The molecule has 0 unspecified atom stereocenters. The number of amides is 1. The number of carboxylic acids is 2. The van der Waals surface area contributed by atoms with Crippen LogP contribution < -0.4 is 5.73 Å². The van der Waals surface area contributed by atoms with Gasteiger partial charge in [0.2, 0.25) is 5.91 Å². The van der Waals surface area contributed by atoms with Gasteiger partial charge in [0.15, 0.2) is 0 Å². The molecule has 0 aliphatic rings. The van der Waals surface area contributed by atoms with Gasteiger partial charge < -0.3 is 25.2 Å². The van der Waals surface area contributed by atoms with Gasteiger partial charge in [0.1, 0.15) is 11.7 Å². The number of carboxylic acid groups (broad SMARTS) is 2. The van der Waals surface area contributed by atoms with Crippen LogP contribution in [0.1, 0.15) is 23.2 Å². The Morgan fingerprint density at radius 3 is 2.12 bits per heavy atom. The summed E-state index contributed by atoms with van der Waals surface area (Å²) in [4.78, 5) is 38.3. The molecular formula is C23H28N4O5. The van der Waals surface area contributed by atoms with Crippen LogP contribution in [0.3, 0.4) is 0 Å². The van der Waals surface area contributed by atoms with Crippen LogP contribution in [0.2, 0.25) is 0 Å². The molecule has 2 heterocycles.